The van der Waals surface area contributed by atoms with Crippen LogP contribution in [-0.4, -0.2) is 42.2 Å². The number of rotatable bonds is 13. The van der Waals surface area contributed by atoms with Crippen molar-refractivity contribution < 1.29 is 14.0 Å². The number of aromatic nitrogens is 2. The molecule has 1 aliphatic rings. The van der Waals surface area contributed by atoms with Gasteiger partial charge in [-0.2, -0.15) is 0 Å². The first-order valence-corrected chi connectivity index (χ1v) is 20.2. The van der Waals surface area contributed by atoms with Gasteiger partial charge in [-0.1, -0.05) is 118 Å². The number of aromatic amines is 1. The summed E-state index contributed by atoms with van der Waals surface area (Å²) in [6.45, 7) is 12.2. The van der Waals surface area contributed by atoms with Crippen LogP contribution in [0.2, 0.25) is 23.2 Å². The maximum Gasteiger partial charge on any atom is 0.294 e. The summed E-state index contributed by atoms with van der Waals surface area (Å²) in [4.78, 5) is 38.1. The van der Waals surface area contributed by atoms with Crippen LogP contribution in [0, 0.1) is 0 Å². The smallest absolute Gasteiger partial charge is 0.294 e. The largest absolute Gasteiger partial charge is 0.481 e. The molecule has 0 saturated heterocycles. The Morgan fingerprint density at radius 3 is 2.15 bits per heavy atom. The van der Waals surface area contributed by atoms with Crippen molar-refractivity contribution >= 4 is 25.8 Å². The molecule has 0 radical (unpaired) electrons. The third-order valence-corrected chi connectivity index (χ3v) is 14.8. The maximum absolute atomic E-state index is 14.6. The van der Waals surface area contributed by atoms with E-state index >= 15 is 0 Å². The normalized spacial score (nSPS) is 14.5. The van der Waals surface area contributed by atoms with E-state index in [-0.39, 0.29) is 34.4 Å². The minimum Gasteiger partial charge on any atom is -0.481 e. The Hall–Kier alpha value is -3.72. The molecule has 3 aromatic carbocycles. The summed E-state index contributed by atoms with van der Waals surface area (Å²) in [6.07, 6.45) is 4.57. The lowest BCUT2D eigenvalue weighted by molar-refractivity contribution is 0.0699. The Balaban J connectivity index is 1.52. The van der Waals surface area contributed by atoms with Crippen LogP contribution in [0.15, 0.2) is 89.7 Å². The summed E-state index contributed by atoms with van der Waals surface area (Å²) in [5.41, 5.74) is 2.38. The standard InChI is InChI=1S/C39H48ClN3O4Si/c1-38(2,3)48(4,5)47-25-24-43(27-29-14-8-6-9-15-29)37(45)34-35(46-28-30-16-10-7-11-17-30)36(44)42-33(41-34)26-39(22-12-13-23-39)31-18-20-32(40)21-19-31/h6-11,14-21H,12-13,22-28H2,1-5H3,(H,41,42,44). The topological polar surface area (TPSA) is 84.5 Å². The van der Waals surface area contributed by atoms with E-state index in [0.717, 1.165) is 42.4 Å². The number of H-pyrrole nitrogens is 1. The second kappa shape index (κ2) is 15.2. The lowest BCUT2D eigenvalue weighted by atomic mass is 9.76. The van der Waals surface area contributed by atoms with Crippen molar-refractivity contribution in [3.63, 3.8) is 0 Å². The average molecular weight is 686 g/mol. The summed E-state index contributed by atoms with van der Waals surface area (Å²) >= 11 is 6.24. The van der Waals surface area contributed by atoms with E-state index in [9.17, 15) is 9.59 Å². The summed E-state index contributed by atoms with van der Waals surface area (Å²) in [7, 11) is -2.06. The molecular formula is C39H48ClN3O4Si. The molecular weight excluding hydrogens is 638 g/mol. The number of benzene rings is 3. The molecule has 0 atom stereocenters. The molecule has 1 aliphatic carbocycles. The van der Waals surface area contributed by atoms with Crippen LogP contribution in [0.3, 0.4) is 0 Å². The predicted molar refractivity (Wildman–Crippen MR) is 195 cm³/mol. The summed E-state index contributed by atoms with van der Waals surface area (Å²) < 4.78 is 12.6. The van der Waals surface area contributed by atoms with Crippen LogP contribution < -0.4 is 10.3 Å². The van der Waals surface area contributed by atoms with Gasteiger partial charge in [0.2, 0.25) is 5.75 Å². The van der Waals surface area contributed by atoms with Crippen molar-refractivity contribution in [3.05, 3.63) is 129 Å². The van der Waals surface area contributed by atoms with Crippen LogP contribution in [0.1, 0.15) is 79.5 Å². The van der Waals surface area contributed by atoms with Crippen molar-refractivity contribution in [2.45, 2.75) is 89.6 Å². The molecule has 0 aliphatic heterocycles. The van der Waals surface area contributed by atoms with Gasteiger partial charge < -0.3 is 19.0 Å². The molecule has 254 valence electrons. The van der Waals surface area contributed by atoms with E-state index in [2.05, 4.69) is 51.0 Å². The summed E-state index contributed by atoms with van der Waals surface area (Å²) in [5.74, 6) is 0.0486. The zero-order valence-electron chi connectivity index (χ0n) is 28.9. The molecule has 4 aromatic rings. The van der Waals surface area contributed by atoms with Gasteiger partial charge in [0.1, 0.15) is 12.4 Å². The lowest BCUT2D eigenvalue weighted by Crippen LogP contribution is -2.43. The molecule has 5 rings (SSSR count). The highest BCUT2D eigenvalue weighted by molar-refractivity contribution is 6.74. The number of halogens is 1. The molecule has 1 heterocycles. The van der Waals surface area contributed by atoms with Crippen LogP contribution >= 0.6 is 11.6 Å². The molecule has 0 bridgehead atoms. The zero-order valence-corrected chi connectivity index (χ0v) is 30.6. The van der Waals surface area contributed by atoms with Gasteiger partial charge in [0.25, 0.3) is 11.5 Å². The van der Waals surface area contributed by atoms with Gasteiger partial charge in [0, 0.05) is 29.9 Å². The van der Waals surface area contributed by atoms with E-state index < -0.39 is 13.9 Å². The summed E-state index contributed by atoms with van der Waals surface area (Å²) in [6, 6.07) is 27.4. The maximum atomic E-state index is 14.6. The van der Waals surface area contributed by atoms with E-state index in [1.165, 1.54) is 0 Å². The number of ether oxygens (including phenoxy) is 1. The summed E-state index contributed by atoms with van der Waals surface area (Å²) in [5, 5.41) is 0.714. The second-order valence-electron chi connectivity index (χ2n) is 14.5. The molecule has 1 N–H and O–H groups in total. The van der Waals surface area contributed by atoms with E-state index in [1.54, 1.807) is 4.90 Å². The molecule has 0 spiro atoms. The third kappa shape index (κ3) is 8.65. The van der Waals surface area contributed by atoms with Crippen molar-refractivity contribution in [1.29, 1.82) is 0 Å². The van der Waals surface area contributed by atoms with Crippen LogP contribution in [0.5, 0.6) is 5.75 Å². The number of carbonyl (C=O) groups is 1. The minimum atomic E-state index is -2.06. The number of hydrogen-bond donors (Lipinski definition) is 1. The van der Waals surface area contributed by atoms with Crippen molar-refractivity contribution in [2.24, 2.45) is 0 Å². The van der Waals surface area contributed by atoms with Gasteiger partial charge in [-0.15, -0.1) is 0 Å². The molecule has 1 amide bonds. The average Bonchev–Trinajstić information content (AvgIpc) is 3.53. The number of carbonyl (C=O) groups excluding carboxylic acids is 1. The predicted octanol–water partition coefficient (Wildman–Crippen LogP) is 8.72. The number of nitrogens with one attached hydrogen (secondary N) is 1. The lowest BCUT2D eigenvalue weighted by Gasteiger charge is -2.37. The first kappa shape index (κ1) is 35.6. The third-order valence-electron chi connectivity index (χ3n) is 10.0. The molecule has 1 aromatic heterocycles. The highest BCUT2D eigenvalue weighted by Gasteiger charge is 2.39. The minimum absolute atomic E-state index is 0.0252. The molecule has 7 nitrogen and oxygen atoms in total. The molecule has 48 heavy (non-hydrogen) atoms. The molecule has 0 unspecified atom stereocenters. The highest BCUT2D eigenvalue weighted by atomic mass is 35.5. The quantitative estimate of drug-likeness (QED) is 0.142. The Bertz CT molecular complexity index is 1710. The van der Waals surface area contributed by atoms with Gasteiger partial charge in [-0.25, -0.2) is 4.98 Å². The van der Waals surface area contributed by atoms with Gasteiger partial charge in [0.05, 0.1) is 6.61 Å². The second-order valence-corrected chi connectivity index (χ2v) is 19.7. The Labute approximate surface area is 290 Å². The number of nitrogens with zero attached hydrogens (tertiary/aromatic N) is 2. The van der Waals surface area contributed by atoms with Crippen molar-refractivity contribution in [1.82, 2.24) is 14.9 Å². The fraction of sp³-hybridized carbons (Fsp3) is 0.410. The highest BCUT2D eigenvalue weighted by Crippen LogP contribution is 2.43. The SMILES string of the molecule is CC(C)(C)[Si](C)(C)OCCN(Cc1ccccc1)C(=O)c1nc(CC2(c3ccc(Cl)cc3)CCCC2)[nH]c(=O)c1OCc1ccccc1. The molecule has 1 saturated carbocycles. The van der Waals surface area contributed by atoms with E-state index in [4.69, 9.17) is 25.7 Å². The van der Waals surface area contributed by atoms with Gasteiger partial charge in [-0.05, 0) is 59.8 Å². The first-order chi connectivity index (χ1) is 22.9. The molecule has 1 fully saturated rings. The van der Waals surface area contributed by atoms with E-state index in [0.29, 0.717) is 37.0 Å². The van der Waals surface area contributed by atoms with Crippen LogP contribution in [0.25, 0.3) is 0 Å². The van der Waals surface area contributed by atoms with Crippen LogP contribution in [0.4, 0.5) is 0 Å². The first-order valence-electron chi connectivity index (χ1n) is 16.9. The number of hydrogen-bond acceptors (Lipinski definition) is 5. The van der Waals surface area contributed by atoms with Crippen LogP contribution in [-0.2, 0) is 29.4 Å². The van der Waals surface area contributed by atoms with Gasteiger partial charge >= 0.3 is 0 Å². The number of amides is 1. The zero-order chi connectivity index (χ0) is 34.4. The fourth-order valence-corrected chi connectivity index (χ4v) is 7.34. The fourth-order valence-electron chi connectivity index (χ4n) is 6.18. The molecule has 9 heteroatoms. The van der Waals surface area contributed by atoms with Gasteiger partial charge in [0.15, 0.2) is 14.0 Å². The Morgan fingerprint density at radius 1 is 0.938 bits per heavy atom. The Kier molecular flexibility index (Phi) is 11.3. The monoisotopic (exact) mass is 685 g/mol. The Morgan fingerprint density at radius 2 is 1.54 bits per heavy atom. The van der Waals surface area contributed by atoms with Crippen molar-refractivity contribution in [2.75, 3.05) is 13.2 Å². The van der Waals surface area contributed by atoms with E-state index in [1.807, 2.05) is 72.8 Å². The van der Waals surface area contributed by atoms with Crippen molar-refractivity contribution in [3.8, 4) is 5.75 Å². The van der Waals surface area contributed by atoms with Gasteiger partial charge in [-0.3, -0.25) is 9.59 Å².